The summed E-state index contributed by atoms with van der Waals surface area (Å²) in [7, 11) is 0. The van der Waals surface area contributed by atoms with Crippen molar-refractivity contribution < 1.29 is 32.2 Å². The molecule has 0 amide bonds. The summed E-state index contributed by atoms with van der Waals surface area (Å²) in [4.78, 5) is 10.7. The minimum Gasteiger partial charge on any atom is -0.481 e. The van der Waals surface area contributed by atoms with E-state index >= 15 is 0 Å². The molecule has 28 heavy (non-hydrogen) atoms. The molecule has 0 saturated heterocycles. The molecule has 0 atom stereocenters. The van der Waals surface area contributed by atoms with Crippen LogP contribution in [0.4, 0.5) is 13.2 Å². The first-order valence-electron chi connectivity index (χ1n) is 8.24. The van der Waals surface area contributed by atoms with Gasteiger partial charge in [-0.3, -0.25) is 4.79 Å². The van der Waals surface area contributed by atoms with Crippen molar-refractivity contribution in [1.29, 1.82) is 0 Å². The highest BCUT2D eigenvalue weighted by Gasteiger charge is 2.31. The maximum absolute atomic E-state index is 12.4. The summed E-state index contributed by atoms with van der Waals surface area (Å²) in [6.07, 6.45) is -2.83. The minimum atomic E-state index is -4.77. The Labute approximate surface area is 162 Å². The zero-order valence-corrected chi connectivity index (χ0v) is 15.2. The van der Waals surface area contributed by atoms with Gasteiger partial charge in [0.15, 0.2) is 5.76 Å². The van der Waals surface area contributed by atoms with E-state index in [1.54, 1.807) is 18.2 Å². The Bertz CT molecular complexity index is 922. The van der Waals surface area contributed by atoms with Crippen LogP contribution in [0, 0.1) is 0 Å². The Morgan fingerprint density at radius 3 is 2.71 bits per heavy atom. The zero-order valence-electron chi connectivity index (χ0n) is 14.4. The average Bonchev–Trinajstić information content (AvgIpc) is 2.98. The number of furan rings is 1. The van der Waals surface area contributed by atoms with E-state index in [0.29, 0.717) is 40.7 Å². The van der Waals surface area contributed by atoms with Gasteiger partial charge in [-0.15, -0.1) is 18.3 Å². The lowest BCUT2D eigenvalue weighted by molar-refractivity contribution is -0.274. The average molecular weight is 412 g/mol. The quantitative estimate of drug-likeness (QED) is 0.751. The SMILES string of the molecule is O=C(O)CSC1=NN=C(c2ccc(-c3cccc(OC(F)(F)F)c3)o2)CCC1. The molecule has 0 bridgehead atoms. The van der Waals surface area contributed by atoms with Gasteiger partial charge >= 0.3 is 12.3 Å². The molecule has 2 aromatic rings. The molecule has 0 unspecified atom stereocenters. The number of nitrogens with zero attached hydrogens (tertiary/aromatic N) is 2. The first-order valence-corrected chi connectivity index (χ1v) is 9.23. The molecule has 1 aliphatic heterocycles. The van der Waals surface area contributed by atoms with Crippen molar-refractivity contribution >= 4 is 28.5 Å². The van der Waals surface area contributed by atoms with E-state index in [2.05, 4.69) is 14.9 Å². The van der Waals surface area contributed by atoms with Crippen molar-refractivity contribution in [3.05, 3.63) is 42.2 Å². The van der Waals surface area contributed by atoms with Gasteiger partial charge in [0.1, 0.15) is 17.2 Å². The largest absolute Gasteiger partial charge is 0.573 e. The van der Waals surface area contributed by atoms with Gasteiger partial charge in [-0.1, -0.05) is 23.9 Å². The lowest BCUT2D eigenvalue weighted by atomic mass is 10.1. The molecule has 0 fully saturated rings. The Hall–Kier alpha value is -2.75. The van der Waals surface area contributed by atoms with E-state index in [1.807, 2.05) is 0 Å². The van der Waals surface area contributed by atoms with Gasteiger partial charge in [-0.2, -0.15) is 5.10 Å². The Balaban J connectivity index is 1.77. The maximum atomic E-state index is 12.4. The topological polar surface area (TPSA) is 84.4 Å². The molecule has 10 heteroatoms. The Morgan fingerprint density at radius 2 is 1.96 bits per heavy atom. The Morgan fingerprint density at radius 1 is 1.18 bits per heavy atom. The van der Waals surface area contributed by atoms with Crippen molar-refractivity contribution in [3.8, 4) is 17.1 Å². The maximum Gasteiger partial charge on any atom is 0.573 e. The first kappa shape index (κ1) is 20.0. The fourth-order valence-electron chi connectivity index (χ4n) is 2.54. The third-order valence-electron chi connectivity index (χ3n) is 3.69. The van der Waals surface area contributed by atoms with Crippen LogP contribution in [0.2, 0.25) is 0 Å². The van der Waals surface area contributed by atoms with Crippen molar-refractivity contribution in [2.24, 2.45) is 10.2 Å². The number of carboxylic acid groups (broad SMARTS) is 1. The van der Waals surface area contributed by atoms with Crippen molar-refractivity contribution in [3.63, 3.8) is 0 Å². The number of hydrogen-bond acceptors (Lipinski definition) is 6. The highest BCUT2D eigenvalue weighted by Crippen LogP contribution is 2.30. The van der Waals surface area contributed by atoms with Crippen LogP contribution < -0.4 is 4.74 Å². The van der Waals surface area contributed by atoms with Gasteiger partial charge in [0.25, 0.3) is 0 Å². The van der Waals surface area contributed by atoms with Gasteiger partial charge in [-0.25, -0.2) is 0 Å². The van der Waals surface area contributed by atoms with Crippen molar-refractivity contribution in [2.45, 2.75) is 25.6 Å². The predicted octanol–water partition coefficient (Wildman–Crippen LogP) is 4.95. The van der Waals surface area contributed by atoms with Crippen LogP contribution in [0.3, 0.4) is 0 Å². The summed E-state index contributed by atoms with van der Waals surface area (Å²) in [5, 5.41) is 17.6. The number of rotatable bonds is 5. The number of carbonyl (C=O) groups is 1. The molecular formula is C18H15F3N2O4S. The number of halogens is 3. The number of benzene rings is 1. The second-order valence-corrected chi connectivity index (χ2v) is 6.86. The molecule has 2 heterocycles. The van der Waals surface area contributed by atoms with Crippen molar-refractivity contribution in [1.82, 2.24) is 0 Å². The number of alkyl halides is 3. The first-order chi connectivity index (χ1) is 13.3. The highest BCUT2D eigenvalue weighted by molar-refractivity contribution is 8.14. The molecule has 0 saturated carbocycles. The summed E-state index contributed by atoms with van der Waals surface area (Å²) in [5.74, 6) is -0.498. The second-order valence-electron chi connectivity index (χ2n) is 5.82. The summed E-state index contributed by atoms with van der Waals surface area (Å²) in [6.45, 7) is 0. The van der Waals surface area contributed by atoms with Gasteiger partial charge in [0.05, 0.1) is 10.8 Å². The zero-order chi connectivity index (χ0) is 20.1. The van der Waals surface area contributed by atoms with Crippen LogP contribution >= 0.6 is 11.8 Å². The molecule has 6 nitrogen and oxygen atoms in total. The van der Waals surface area contributed by atoms with Gasteiger partial charge < -0.3 is 14.3 Å². The molecule has 0 spiro atoms. The summed E-state index contributed by atoms with van der Waals surface area (Å²) in [5.41, 5.74) is 1.03. The molecule has 1 aromatic heterocycles. The van der Waals surface area contributed by atoms with Crippen LogP contribution in [-0.2, 0) is 4.79 Å². The van der Waals surface area contributed by atoms with E-state index in [9.17, 15) is 18.0 Å². The van der Waals surface area contributed by atoms with Crippen LogP contribution in [0.1, 0.15) is 25.0 Å². The van der Waals surface area contributed by atoms with E-state index in [0.717, 1.165) is 18.2 Å². The van der Waals surface area contributed by atoms with Gasteiger partial charge in [-0.05, 0) is 43.5 Å². The molecule has 0 radical (unpaired) electrons. The van der Waals surface area contributed by atoms with Gasteiger partial charge in [0, 0.05) is 5.56 Å². The molecule has 0 aliphatic carbocycles. The molecule has 1 aromatic carbocycles. The third kappa shape index (κ3) is 5.62. The summed E-state index contributed by atoms with van der Waals surface area (Å²) >= 11 is 1.13. The monoisotopic (exact) mass is 412 g/mol. The smallest absolute Gasteiger partial charge is 0.481 e. The van der Waals surface area contributed by atoms with Crippen LogP contribution in [0.5, 0.6) is 5.75 Å². The van der Waals surface area contributed by atoms with Crippen LogP contribution in [0.25, 0.3) is 11.3 Å². The molecule has 3 rings (SSSR count). The number of ether oxygens (including phenoxy) is 1. The standard InChI is InChI=1S/C18H15F3N2O4S/c19-18(20,21)27-12-4-1-3-11(9-12)14-7-8-15(26-14)13-5-2-6-16(23-22-13)28-10-17(24)25/h1,3-4,7-9H,2,5-6,10H2,(H,24,25). The molecular weight excluding hydrogens is 397 g/mol. The van der Waals surface area contributed by atoms with E-state index in [-0.39, 0.29) is 11.5 Å². The lowest BCUT2D eigenvalue weighted by Gasteiger charge is -2.09. The van der Waals surface area contributed by atoms with Gasteiger partial charge in [0.2, 0.25) is 0 Å². The van der Waals surface area contributed by atoms with E-state index in [1.165, 1.54) is 18.2 Å². The van der Waals surface area contributed by atoms with E-state index < -0.39 is 12.3 Å². The molecule has 1 aliphatic rings. The Kier molecular flexibility index (Phi) is 6.08. The highest BCUT2D eigenvalue weighted by atomic mass is 32.2. The number of aliphatic carboxylic acids is 1. The fourth-order valence-corrected chi connectivity index (χ4v) is 3.21. The van der Waals surface area contributed by atoms with Crippen molar-refractivity contribution in [2.75, 3.05) is 5.75 Å². The molecule has 148 valence electrons. The summed E-state index contributed by atoms with van der Waals surface area (Å²) < 4.78 is 46.8. The predicted molar refractivity (Wildman–Crippen MR) is 98.7 cm³/mol. The lowest BCUT2D eigenvalue weighted by Crippen LogP contribution is -2.17. The summed E-state index contributed by atoms with van der Waals surface area (Å²) in [6, 6.07) is 8.82. The number of carboxylic acids is 1. The normalized spacial score (nSPS) is 14.8. The molecule has 1 N–H and O–H groups in total. The second kappa shape index (κ2) is 8.51. The number of thioether (sulfide) groups is 1. The minimum absolute atomic E-state index is 0.0784. The van der Waals surface area contributed by atoms with E-state index in [4.69, 9.17) is 9.52 Å². The number of hydrogen-bond donors (Lipinski definition) is 1. The fraction of sp³-hybridized carbons (Fsp3) is 0.278. The van der Waals surface area contributed by atoms with Crippen LogP contribution in [0.15, 0.2) is 51.0 Å². The third-order valence-corrected chi connectivity index (χ3v) is 4.70. The van der Waals surface area contributed by atoms with Crippen LogP contribution in [-0.4, -0.2) is 33.9 Å².